The summed E-state index contributed by atoms with van der Waals surface area (Å²) in [7, 11) is 0. The fourth-order valence-corrected chi connectivity index (χ4v) is 3.24. The van der Waals surface area contributed by atoms with Crippen molar-refractivity contribution in [3.05, 3.63) is 70.9 Å². The highest BCUT2D eigenvalue weighted by Gasteiger charge is 2.08. The summed E-state index contributed by atoms with van der Waals surface area (Å²) in [5.41, 5.74) is 3.72. The monoisotopic (exact) mass is 357 g/mol. The van der Waals surface area contributed by atoms with Crippen LogP contribution >= 0.6 is 11.6 Å². The number of fused-ring (bicyclic) bond motifs is 1. The third-order valence-electron chi connectivity index (χ3n) is 4.20. The maximum absolute atomic E-state index is 8.77. The predicted molar refractivity (Wildman–Crippen MR) is 104 cm³/mol. The minimum atomic E-state index is 0.178. The Balaban J connectivity index is 1.71. The number of nitrogens with zero attached hydrogens (tertiary/aromatic N) is 1. The van der Waals surface area contributed by atoms with E-state index < -0.39 is 0 Å². The number of aromatic nitrogens is 1. The smallest absolute Gasteiger partial charge is 0.0555 e. The number of aliphatic hydroxyl groups excluding tert-OH is 1. The van der Waals surface area contributed by atoms with Crippen LogP contribution in [0.2, 0.25) is 5.02 Å². The highest BCUT2D eigenvalue weighted by Crippen LogP contribution is 2.23. The number of hydrogen-bond donors (Lipinski definition) is 3. The van der Waals surface area contributed by atoms with Gasteiger partial charge in [0.25, 0.3) is 0 Å². The molecule has 3 N–H and O–H groups in total. The molecule has 0 fully saturated rings. The Kier molecular flexibility index (Phi) is 6.48. The first kappa shape index (κ1) is 18.0. The lowest BCUT2D eigenvalue weighted by atomic mass is 10.2. The van der Waals surface area contributed by atoms with E-state index in [-0.39, 0.29) is 6.61 Å². The lowest BCUT2D eigenvalue weighted by Gasteiger charge is -2.06. The molecule has 0 saturated heterocycles. The molecular weight excluding hydrogens is 334 g/mol. The summed E-state index contributed by atoms with van der Waals surface area (Å²) >= 11 is 6.11. The largest absolute Gasteiger partial charge is 0.395 e. The molecular formula is C20H24ClN3O. The van der Waals surface area contributed by atoms with Crippen LogP contribution in [0.5, 0.6) is 0 Å². The molecule has 0 aliphatic rings. The van der Waals surface area contributed by atoms with Crippen molar-refractivity contribution >= 4 is 22.5 Å². The summed E-state index contributed by atoms with van der Waals surface area (Å²) in [5, 5.41) is 17.4. The van der Waals surface area contributed by atoms with Gasteiger partial charge < -0.3 is 20.3 Å². The van der Waals surface area contributed by atoms with Crippen LogP contribution in [-0.2, 0) is 13.1 Å². The van der Waals surface area contributed by atoms with Gasteiger partial charge in [0.15, 0.2) is 0 Å². The minimum absolute atomic E-state index is 0.178. The Labute approximate surface area is 153 Å². The van der Waals surface area contributed by atoms with Gasteiger partial charge in [-0.25, -0.2) is 0 Å². The fraction of sp³-hybridized carbons (Fsp3) is 0.300. The Bertz CT molecular complexity index is 816. The van der Waals surface area contributed by atoms with Crippen LogP contribution in [0.15, 0.2) is 54.7 Å². The standard InChI is InChI=1S/C20H24ClN3O/c21-18-5-3-4-16(12-18)14-24-15-17(13-23-9-8-22-10-11-25)19-6-1-2-7-20(19)24/h1-7,12,15,22-23,25H,8-11,13-14H2. The van der Waals surface area contributed by atoms with E-state index in [1.54, 1.807) is 0 Å². The van der Waals surface area contributed by atoms with E-state index in [2.05, 4.69) is 51.7 Å². The summed E-state index contributed by atoms with van der Waals surface area (Å²) in [6.07, 6.45) is 2.22. The molecule has 0 spiro atoms. The van der Waals surface area contributed by atoms with Crippen LogP contribution in [0.25, 0.3) is 10.9 Å². The molecule has 1 aromatic heterocycles. The zero-order valence-corrected chi connectivity index (χ0v) is 15.0. The van der Waals surface area contributed by atoms with Crippen molar-refractivity contribution in [3.8, 4) is 0 Å². The van der Waals surface area contributed by atoms with E-state index in [4.69, 9.17) is 16.7 Å². The second-order valence-corrected chi connectivity index (χ2v) is 6.52. The molecule has 3 rings (SSSR count). The van der Waals surface area contributed by atoms with Crippen molar-refractivity contribution < 1.29 is 5.11 Å². The SMILES string of the molecule is OCCNCCNCc1cn(Cc2cccc(Cl)c2)c2ccccc12. The summed E-state index contributed by atoms with van der Waals surface area (Å²) in [6.45, 7) is 4.16. The number of rotatable bonds is 9. The molecule has 132 valence electrons. The number of hydrogen-bond acceptors (Lipinski definition) is 3. The Hall–Kier alpha value is -1.85. The van der Waals surface area contributed by atoms with Gasteiger partial charge in [-0.2, -0.15) is 0 Å². The molecule has 5 heteroatoms. The van der Waals surface area contributed by atoms with E-state index in [1.165, 1.54) is 22.0 Å². The summed E-state index contributed by atoms with van der Waals surface area (Å²) < 4.78 is 2.28. The average molecular weight is 358 g/mol. The fourth-order valence-electron chi connectivity index (χ4n) is 3.03. The van der Waals surface area contributed by atoms with Crippen molar-refractivity contribution in [2.45, 2.75) is 13.1 Å². The molecule has 0 aliphatic carbocycles. The third-order valence-corrected chi connectivity index (χ3v) is 4.43. The van der Waals surface area contributed by atoms with Gasteiger partial charge in [-0.1, -0.05) is 41.9 Å². The molecule has 1 heterocycles. The Morgan fingerprint density at radius 1 is 0.960 bits per heavy atom. The quantitative estimate of drug-likeness (QED) is 0.516. The van der Waals surface area contributed by atoms with Crippen LogP contribution in [0, 0.1) is 0 Å². The number of nitrogens with one attached hydrogen (secondary N) is 2. The maximum Gasteiger partial charge on any atom is 0.0555 e. The van der Waals surface area contributed by atoms with Crippen molar-refractivity contribution in [2.24, 2.45) is 0 Å². The molecule has 0 unspecified atom stereocenters. The van der Waals surface area contributed by atoms with Crippen LogP contribution in [0.1, 0.15) is 11.1 Å². The van der Waals surface area contributed by atoms with Crippen LogP contribution in [-0.4, -0.2) is 35.9 Å². The summed E-state index contributed by atoms with van der Waals surface area (Å²) in [4.78, 5) is 0. The van der Waals surface area contributed by atoms with Gasteiger partial charge >= 0.3 is 0 Å². The maximum atomic E-state index is 8.77. The van der Waals surface area contributed by atoms with Crippen LogP contribution < -0.4 is 10.6 Å². The van der Waals surface area contributed by atoms with Gasteiger partial charge in [0, 0.05) is 54.8 Å². The highest BCUT2D eigenvalue weighted by molar-refractivity contribution is 6.30. The molecule has 3 aromatic rings. The first-order valence-corrected chi connectivity index (χ1v) is 8.99. The minimum Gasteiger partial charge on any atom is -0.395 e. The Morgan fingerprint density at radius 2 is 1.80 bits per heavy atom. The van der Waals surface area contributed by atoms with Crippen molar-refractivity contribution in [1.82, 2.24) is 15.2 Å². The van der Waals surface area contributed by atoms with E-state index in [0.717, 1.165) is 31.2 Å². The van der Waals surface area contributed by atoms with Crippen molar-refractivity contribution in [2.75, 3.05) is 26.2 Å². The lowest BCUT2D eigenvalue weighted by molar-refractivity contribution is 0.292. The first-order valence-electron chi connectivity index (χ1n) is 8.61. The highest BCUT2D eigenvalue weighted by atomic mass is 35.5. The molecule has 0 aliphatic heterocycles. The summed E-state index contributed by atoms with van der Waals surface area (Å²) in [6, 6.07) is 16.5. The third kappa shape index (κ3) is 4.83. The molecule has 0 saturated carbocycles. The number of benzene rings is 2. The normalized spacial score (nSPS) is 11.3. The number of halogens is 1. The number of para-hydroxylation sites is 1. The van der Waals surface area contributed by atoms with Gasteiger partial charge in [0.1, 0.15) is 0 Å². The van der Waals surface area contributed by atoms with Crippen molar-refractivity contribution in [1.29, 1.82) is 0 Å². The van der Waals surface area contributed by atoms with Crippen LogP contribution in [0.3, 0.4) is 0 Å². The molecule has 0 atom stereocenters. The molecule has 0 radical (unpaired) electrons. The topological polar surface area (TPSA) is 49.2 Å². The van der Waals surface area contributed by atoms with E-state index in [9.17, 15) is 0 Å². The number of aliphatic hydroxyl groups is 1. The van der Waals surface area contributed by atoms with E-state index >= 15 is 0 Å². The van der Waals surface area contributed by atoms with Gasteiger partial charge in [0.2, 0.25) is 0 Å². The second-order valence-electron chi connectivity index (χ2n) is 6.08. The van der Waals surface area contributed by atoms with Gasteiger partial charge in [-0.3, -0.25) is 0 Å². The summed E-state index contributed by atoms with van der Waals surface area (Å²) in [5.74, 6) is 0. The van der Waals surface area contributed by atoms with Gasteiger partial charge in [-0.05, 0) is 29.3 Å². The Morgan fingerprint density at radius 3 is 2.64 bits per heavy atom. The average Bonchev–Trinajstić information content (AvgIpc) is 2.96. The molecule has 4 nitrogen and oxygen atoms in total. The molecule has 0 bridgehead atoms. The van der Waals surface area contributed by atoms with Gasteiger partial charge in [0.05, 0.1) is 6.61 Å². The zero-order chi connectivity index (χ0) is 17.5. The molecule has 25 heavy (non-hydrogen) atoms. The van der Waals surface area contributed by atoms with E-state index in [0.29, 0.717) is 6.54 Å². The van der Waals surface area contributed by atoms with Gasteiger partial charge in [-0.15, -0.1) is 0 Å². The molecule has 2 aromatic carbocycles. The zero-order valence-electron chi connectivity index (χ0n) is 14.2. The van der Waals surface area contributed by atoms with Crippen molar-refractivity contribution in [3.63, 3.8) is 0 Å². The second kappa shape index (κ2) is 9.02. The predicted octanol–water partition coefficient (Wildman–Crippen LogP) is 3.01. The lowest BCUT2D eigenvalue weighted by Crippen LogP contribution is -2.28. The van der Waals surface area contributed by atoms with Crippen LogP contribution in [0.4, 0.5) is 0 Å². The van der Waals surface area contributed by atoms with E-state index in [1.807, 2.05) is 18.2 Å². The molecule has 0 amide bonds. The first-order chi connectivity index (χ1) is 12.3.